The van der Waals surface area contributed by atoms with Crippen molar-refractivity contribution in [3.05, 3.63) is 22.6 Å². The van der Waals surface area contributed by atoms with E-state index in [4.69, 9.17) is 4.42 Å². The molecule has 2 rings (SSSR count). The van der Waals surface area contributed by atoms with E-state index in [-0.39, 0.29) is 0 Å². The number of alkyl halides is 1. The van der Waals surface area contributed by atoms with Crippen LogP contribution in [0.25, 0.3) is 10.6 Å². The van der Waals surface area contributed by atoms with Gasteiger partial charge in [-0.2, -0.15) is 0 Å². The average Bonchev–Trinajstić information content (AvgIpc) is 2.83. The average molecular weight is 301 g/mol. The molecule has 1 atom stereocenters. The van der Waals surface area contributed by atoms with Crippen LogP contribution in [0.5, 0.6) is 0 Å². The minimum atomic E-state index is 0.298. The van der Waals surface area contributed by atoms with Crippen molar-refractivity contribution in [1.29, 1.82) is 0 Å². The van der Waals surface area contributed by atoms with Crippen LogP contribution in [0.2, 0.25) is 0 Å². The minimum absolute atomic E-state index is 0.298. The van der Waals surface area contributed by atoms with Crippen molar-refractivity contribution in [3.63, 3.8) is 0 Å². The molecule has 0 saturated heterocycles. The Kier molecular flexibility index (Phi) is 3.44. The number of halogens is 1. The molecule has 86 valence electrons. The van der Waals surface area contributed by atoms with E-state index < -0.39 is 0 Å². The summed E-state index contributed by atoms with van der Waals surface area (Å²) in [6, 6.07) is 2.01. The fourth-order valence-electron chi connectivity index (χ4n) is 1.49. The van der Waals surface area contributed by atoms with Gasteiger partial charge in [-0.3, -0.25) is 0 Å². The summed E-state index contributed by atoms with van der Waals surface area (Å²) in [5.74, 6) is 1.82. The molecular weight excluding hydrogens is 288 g/mol. The van der Waals surface area contributed by atoms with Crippen LogP contribution in [0.4, 0.5) is 0 Å². The molecule has 0 aliphatic rings. The zero-order valence-electron chi connectivity index (χ0n) is 9.45. The van der Waals surface area contributed by atoms with Crippen LogP contribution in [0.3, 0.4) is 0 Å². The first-order chi connectivity index (χ1) is 7.61. The minimum Gasteiger partial charge on any atom is -0.466 e. The molecular formula is C11H13BrN2OS. The van der Waals surface area contributed by atoms with Gasteiger partial charge in [-0.15, -0.1) is 10.2 Å². The second kappa shape index (κ2) is 4.67. The fraction of sp³-hybridized carbons (Fsp3) is 0.455. The number of rotatable bonds is 3. The molecule has 0 spiro atoms. The van der Waals surface area contributed by atoms with Crippen molar-refractivity contribution in [2.45, 2.75) is 32.0 Å². The number of aryl methyl sites for hydroxylation is 2. The SMILES string of the molecule is CCC(Br)c1nnc(-c2cc(C)oc2C)s1. The Morgan fingerprint density at radius 3 is 2.75 bits per heavy atom. The lowest BCUT2D eigenvalue weighted by atomic mass is 10.2. The molecule has 0 amide bonds. The van der Waals surface area contributed by atoms with E-state index in [0.29, 0.717) is 4.83 Å². The van der Waals surface area contributed by atoms with Gasteiger partial charge >= 0.3 is 0 Å². The highest BCUT2D eigenvalue weighted by molar-refractivity contribution is 9.09. The highest BCUT2D eigenvalue weighted by Gasteiger charge is 2.15. The maximum Gasteiger partial charge on any atom is 0.151 e. The van der Waals surface area contributed by atoms with E-state index in [1.807, 2.05) is 19.9 Å². The number of hydrogen-bond donors (Lipinski definition) is 0. The van der Waals surface area contributed by atoms with E-state index in [2.05, 4.69) is 33.1 Å². The van der Waals surface area contributed by atoms with Gasteiger partial charge in [-0.25, -0.2) is 0 Å². The molecule has 0 fully saturated rings. The van der Waals surface area contributed by atoms with E-state index in [1.165, 1.54) is 0 Å². The Labute approximate surface area is 107 Å². The van der Waals surface area contributed by atoms with E-state index >= 15 is 0 Å². The largest absolute Gasteiger partial charge is 0.466 e. The van der Waals surface area contributed by atoms with Crippen molar-refractivity contribution in [3.8, 4) is 10.6 Å². The Morgan fingerprint density at radius 2 is 2.19 bits per heavy atom. The third-order valence-corrected chi connectivity index (χ3v) is 4.79. The monoisotopic (exact) mass is 300 g/mol. The molecule has 3 nitrogen and oxygen atoms in total. The van der Waals surface area contributed by atoms with Crippen molar-refractivity contribution < 1.29 is 4.42 Å². The number of aromatic nitrogens is 2. The number of nitrogens with zero attached hydrogens (tertiary/aromatic N) is 2. The van der Waals surface area contributed by atoms with Gasteiger partial charge in [-0.1, -0.05) is 34.2 Å². The van der Waals surface area contributed by atoms with Crippen molar-refractivity contribution in [1.82, 2.24) is 10.2 Å². The Bertz CT molecular complexity index is 492. The molecule has 0 aliphatic heterocycles. The van der Waals surface area contributed by atoms with Crippen LogP contribution in [-0.2, 0) is 0 Å². The highest BCUT2D eigenvalue weighted by atomic mass is 79.9. The van der Waals surface area contributed by atoms with Gasteiger partial charge in [0, 0.05) is 0 Å². The first-order valence-electron chi connectivity index (χ1n) is 5.16. The molecule has 0 saturated carbocycles. The van der Waals surface area contributed by atoms with Gasteiger partial charge in [-0.05, 0) is 26.3 Å². The van der Waals surface area contributed by atoms with E-state index in [9.17, 15) is 0 Å². The second-order valence-electron chi connectivity index (χ2n) is 3.65. The summed E-state index contributed by atoms with van der Waals surface area (Å²) >= 11 is 5.20. The predicted molar refractivity (Wildman–Crippen MR) is 69.0 cm³/mol. The molecule has 0 bridgehead atoms. The van der Waals surface area contributed by atoms with Crippen molar-refractivity contribution in [2.24, 2.45) is 0 Å². The van der Waals surface area contributed by atoms with Crippen LogP contribution in [-0.4, -0.2) is 10.2 Å². The quantitative estimate of drug-likeness (QED) is 0.795. The zero-order chi connectivity index (χ0) is 11.7. The van der Waals surface area contributed by atoms with Crippen molar-refractivity contribution >= 4 is 27.3 Å². The normalized spacial score (nSPS) is 13.0. The maximum absolute atomic E-state index is 5.49. The smallest absolute Gasteiger partial charge is 0.151 e. The summed E-state index contributed by atoms with van der Waals surface area (Å²) in [6.07, 6.45) is 1.01. The summed E-state index contributed by atoms with van der Waals surface area (Å²) in [7, 11) is 0. The van der Waals surface area contributed by atoms with Gasteiger partial charge in [0.2, 0.25) is 0 Å². The standard InChI is InChI=1S/C11H13BrN2OS/c1-4-9(12)11-14-13-10(16-11)8-5-6(2)15-7(8)3/h5,9H,4H2,1-3H3. The summed E-state index contributed by atoms with van der Waals surface area (Å²) < 4.78 is 5.49. The lowest BCUT2D eigenvalue weighted by Crippen LogP contribution is -1.84. The predicted octanol–water partition coefficient (Wildman–Crippen LogP) is 4.26. The first-order valence-corrected chi connectivity index (χ1v) is 6.90. The van der Waals surface area contributed by atoms with Gasteiger partial charge < -0.3 is 4.42 Å². The summed E-state index contributed by atoms with van der Waals surface area (Å²) in [5, 5.41) is 10.4. The number of furan rings is 1. The molecule has 0 aromatic carbocycles. The van der Waals surface area contributed by atoms with Crippen LogP contribution in [0, 0.1) is 13.8 Å². The van der Waals surface area contributed by atoms with E-state index in [0.717, 1.165) is 33.5 Å². The molecule has 2 aromatic heterocycles. The molecule has 1 unspecified atom stereocenters. The van der Waals surface area contributed by atoms with Gasteiger partial charge in [0.15, 0.2) is 5.01 Å². The summed E-state index contributed by atoms with van der Waals surface area (Å²) in [5.41, 5.74) is 1.05. The van der Waals surface area contributed by atoms with Crippen LogP contribution in [0.1, 0.15) is 34.7 Å². The molecule has 5 heteroatoms. The molecule has 0 aliphatic carbocycles. The second-order valence-corrected chi connectivity index (χ2v) is 5.76. The topological polar surface area (TPSA) is 38.9 Å². The van der Waals surface area contributed by atoms with E-state index in [1.54, 1.807) is 11.3 Å². The van der Waals surface area contributed by atoms with Gasteiger partial charge in [0.05, 0.1) is 10.4 Å². The Balaban J connectivity index is 2.35. The van der Waals surface area contributed by atoms with Crippen LogP contribution < -0.4 is 0 Å². The van der Waals surface area contributed by atoms with Crippen LogP contribution >= 0.6 is 27.3 Å². The number of hydrogen-bond acceptors (Lipinski definition) is 4. The summed E-state index contributed by atoms with van der Waals surface area (Å²) in [6.45, 7) is 6.01. The molecule has 2 heterocycles. The molecule has 2 aromatic rings. The van der Waals surface area contributed by atoms with Crippen LogP contribution in [0.15, 0.2) is 10.5 Å². The third-order valence-electron chi connectivity index (χ3n) is 2.34. The molecule has 0 N–H and O–H groups in total. The van der Waals surface area contributed by atoms with Crippen molar-refractivity contribution in [2.75, 3.05) is 0 Å². The lowest BCUT2D eigenvalue weighted by Gasteiger charge is -1.97. The zero-order valence-corrected chi connectivity index (χ0v) is 11.9. The maximum atomic E-state index is 5.49. The third kappa shape index (κ3) is 2.20. The van der Waals surface area contributed by atoms with Gasteiger partial charge in [0.1, 0.15) is 16.5 Å². The fourth-order valence-corrected chi connectivity index (χ4v) is 2.83. The Hall–Kier alpha value is -0.680. The van der Waals surface area contributed by atoms with Gasteiger partial charge in [0.25, 0.3) is 0 Å². The lowest BCUT2D eigenvalue weighted by molar-refractivity contribution is 0.505. The summed E-state index contributed by atoms with van der Waals surface area (Å²) in [4.78, 5) is 0.298. The Morgan fingerprint density at radius 1 is 1.44 bits per heavy atom. The molecule has 16 heavy (non-hydrogen) atoms. The first kappa shape index (κ1) is 11.8. The molecule has 0 radical (unpaired) electrons. The highest BCUT2D eigenvalue weighted by Crippen LogP contribution is 2.34.